The SMILES string of the molecule is COc1cc([N+](=O)[O-])ccc1NCc1ccc(C)cc1C. The maximum atomic E-state index is 10.8. The molecule has 0 unspecified atom stereocenters. The fourth-order valence-corrected chi connectivity index (χ4v) is 2.17. The first kappa shape index (κ1) is 14.8. The van der Waals surface area contributed by atoms with Crippen LogP contribution in [0.15, 0.2) is 36.4 Å². The van der Waals surface area contributed by atoms with Gasteiger partial charge in [-0.05, 0) is 31.0 Å². The summed E-state index contributed by atoms with van der Waals surface area (Å²) < 4.78 is 5.21. The maximum absolute atomic E-state index is 10.8. The zero-order chi connectivity index (χ0) is 15.4. The van der Waals surface area contributed by atoms with E-state index in [2.05, 4.69) is 37.4 Å². The molecule has 0 aliphatic heterocycles. The van der Waals surface area contributed by atoms with Crippen molar-refractivity contribution >= 4 is 11.4 Å². The summed E-state index contributed by atoms with van der Waals surface area (Å²) in [6.07, 6.45) is 0. The predicted molar refractivity (Wildman–Crippen MR) is 82.9 cm³/mol. The lowest BCUT2D eigenvalue weighted by Crippen LogP contribution is -2.03. The van der Waals surface area contributed by atoms with Crippen LogP contribution in [0.2, 0.25) is 0 Å². The average molecular weight is 286 g/mol. The third-order valence-electron chi connectivity index (χ3n) is 3.36. The molecule has 0 spiro atoms. The van der Waals surface area contributed by atoms with E-state index in [4.69, 9.17) is 4.74 Å². The summed E-state index contributed by atoms with van der Waals surface area (Å²) in [4.78, 5) is 10.3. The van der Waals surface area contributed by atoms with Crippen LogP contribution in [0.4, 0.5) is 11.4 Å². The Bertz CT molecular complexity index is 669. The van der Waals surface area contributed by atoms with Gasteiger partial charge in [0.25, 0.3) is 5.69 Å². The first-order chi connectivity index (χ1) is 10.0. The summed E-state index contributed by atoms with van der Waals surface area (Å²) in [6.45, 7) is 4.76. The largest absolute Gasteiger partial charge is 0.494 e. The zero-order valence-electron chi connectivity index (χ0n) is 12.3. The van der Waals surface area contributed by atoms with Crippen LogP contribution in [0.3, 0.4) is 0 Å². The number of rotatable bonds is 5. The lowest BCUT2D eigenvalue weighted by Gasteiger charge is -2.12. The monoisotopic (exact) mass is 286 g/mol. The van der Waals surface area contributed by atoms with E-state index in [1.807, 2.05) is 0 Å². The van der Waals surface area contributed by atoms with Crippen LogP contribution in [-0.2, 0) is 6.54 Å². The molecule has 0 amide bonds. The van der Waals surface area contributed by atoms with Gasteiger partial charge in [-0.1, -0.05) is 23.8 Å². The van der Waals surface area contributed by atoms with Gasteiger partial charge in [0, 0.05) is 12.6 Å². The van der Waals surface area contributed by atoms with Gasteiger partial charge in [0.15, 0.2) is 0 Å². The Morgan fingerprint density at radius 3 is 2.57 bits per heavy atom. The molecule has 5 heteroatoms. The van der Waals surface area contributed by atoms with E-state index in [0.717, 1.165) is 5.69 Å². The highest BCUT2D eigenvalue weighted by Gasteiger charge is 2.11. The first-order valence-electron chi connectivity index (χ1n) is 6.63. The second-order valence-electron chi connectivity index (χ2n) is 4.93. The van der Waals surface area contributed by atoms with Gasteiger partial charge in [-0.3, -0.25) is 10.1 Å². The van der Waals surface area contributed by atoms with E-state index in [0.29, 0.717) is 12.3 Å². The topological polar surface area (TPSA) is 64.4 Å². The summed E-state index contributed by atoms with van der Waals surface area (Å²) >= 11 is 0. The highest BCUT2D eigenvalue weighted by Crippen LogP contribution is 2.29. The van der Waals surface area contributed by atoms with Gasteiger partial charge in [-0.15, -0.1) is 0 Å². The highest BCUT2D eigenvalue weighted by atomic mass is 16.6. The van der Waals surface area contributed by atoms with Crippen LogP contribution in [0.5, 0.6) is 5.75 Å². The minimum atomic E-state index is -0.434. The average Bonchev–Trinajstić information content (AvgIpc) is 2.46. The van der Waals surface area contributed by atoms with Crippen molar-refractivity contribution in [1.82, 2.24) is 0 Å². The molecule has 0 fully saturated rings. The minimum absolute atomic E-state index is 0.0175. The van der Waals surface area contributed by atoms with Crippen molar-refractivity contribution in [3.8, 4) is 5.75 Å². The molecular weight excluding hydrogens is 268 g/mol. The Hall–Kier alpha value is -2.56. The third-order valence-corrected chi connectivity index (χ3v) is 3.36. The summed E-state index contributed by atoms with van der Waals surface area (Å²) in [5.41, 5.74) is 4.38. The molecule has 0 saturated heterocycles. The maximum Gasteiger partial charge on any atom is 0.273 e. The second-order valence-corrected chi connectivity index (χ2v) is 4.93. The molecule has 0 atom stereocenters. The Kier molecular flexibility index (Phi) is 4.42. The smallest absolute Gasteiger partial charge is 0.273 e. The van der Waals surface area contributed by atoms with E-state index in [-0.39, 0.29) is 5.69 Å². The molecule has 2 rings (SSSR count). The Balaban J connectivity index is 2.17. The molecule has 0 bridgehead atoms. The van der Waals surface area contributed by atoms with Gasteiger partial charge >= 0.3 is 0 Å². The third kappa shape index (κ3) is 3.51. The molecule has 5 nitrogen and oxygen atoms in total. The highest BCUT2D eigenvalue weighted by molar-refractivity contribution is 5.61. The van der Waals surface area contributed by atoms with Gasteiger partial charge in [-0.25, -0.2) is 0 Å². The number of anilines is 1. The summed E-state index contributed by atoms with van der Waals surface area (Å²) in [5, 5.41) is 14.0. The number of nitrogens with zero attached hydrogens (tertiary/aromatic N) is 1. The van der Waals surface area contributed by atoms with E-state index >= 15 is 0 Å². The summed E-state index contributed by atoms with van der Waals surface area (Å²) in [6, 6.07) is 10.8. The molecule has 0 aliphatic rings. The van der Waals surface area contributed by atoms with E-state index in [1.165, 1.54) is 35.9 Å². The van der Waals surface area contributed by atoms with Gasteiger partial charge in [0.1, 0.15) is 5.75 Å². The number of nitrogens with one attached hydrogen (secondary N) is 1. The minimum Gasteiger partial charge on any atom is -0.494 e. The number of benzene rings is 2. The zero-order valence-corrected chi connectivity index (χ0v) is 12.3. The Labute approximate surface area is 123 Å². The molecule has 21 heavy (non-hydrogen) atoms. The molecule has 1 N–H and O–H groups in total. The van der Waals surface area contributed by atoms with Crippen molar-refractivity contribution in [3.63, 3.8) is 0 Å². The van der Waals surface area contributed by atoms with Gasteiger partial charge in [0.05, 0.1) is 23.8 Å². The molecule has 0 aliphatic carbocycles. The Morgan fingerprint density at radius 2 is 1.95 bits per heavy atom. The van der Waals surface area contributed by atoms with Crippen molar-refractivity contribution in [1.29, 1.82) is 0 Å². The number of nitro groups is 1. The predicted octanol–water partition coefficient (Wildman–Crippen LogP) is 3.83. The van der Waals surface area contributed by atoms with Crippen molar-refractivity contribution in [2.75, 3.05) is 12.4 Å². The van der Waals surface area contributed by atoms with Crippen LogP contribution >= 0.6 is 0 Å². The number of hydrogen-bond donors (Lipinski definition) is 1. The molecule has 0 heterocycles. The standard InChI is InChI=1S/C16H18N2O3/c1-11-4-5-13(12(2)8-11)10-17-15-7-6-14(18(19)20)9-16(15)21-3/h4-9,17H,10H2,1-3H3. The number of hydrogen-bond acceptors (Lipinski definition) is 4. The number of methoxy groups -OCH3 is 1. The summed E-state index contributed by atoms with van der Waals surface area (Å²) in [5.74, 6) is 0.467. The van der Waals surface area contributed by atoms with Crippen molar-refractivity contribution in [3.05, 3.63) is 63.2 Å². The molecule has 2 aromatic carbocycles. The molecular formula is C16H18N2O3. The number of ether oxygens (including phenoxy) is 1. The number of nitro benzene ring substituents is 1. The van der Waals surface area contributed by atoms with E-state index in [1.54, 1.807) is 6.07 Å². The van der Waals surface area contributed by atoms with E-state index < -0.39 is 4.92 Å². The van der Waals surface area contributed by atoms with Crippen molar-refractivity contribution < 1.29 is 9.66 Å². The van der Waals surface area contributed by atoms with Crippen molar-refractivity contribution in [2.24, 2.45) is 0 Å². The quantitative estimate of drug-likeness (QED) is 0.670. The molecule has 0 saturated carbocycles. The van der Waals surface area contributed by atoms with Crippen LogP contribution in [0.25, 0.3) is 0 Å². The summed E-state index contributed by atoms with van der Waals surface area (Å²) in [7, 11) is 1.50. The second kappa shape index (κ2) is 6.26. The lowest BCUT2D eigenvalue weighted by atomic mass is 10.1. The molecule has 110 valence electrons. The Morgan fingerprint density at radius 1 is 1.19 bits per heavy atom. The van der Waals surface area contributed by atoms with Crippen LogP contribution < -0.4 is 10.1 Å². The first-order valence-corrected chi connectivity index (χ1v) is 6.63. The molecule has 2 aromatic rings. The number of aryl methyl sites for hydroxylation is 2. The van der Waals surface area contributed by atoms with E-state index in [9.17, 15) is 10.1 Å². The lowest BCUT2D eigenvalue weighted by molar-refractivity contribution is -0.384. The van der Waals surface area contributed by atoms with Gasteiger partial charge in [0.2, 0.25) is 0 Å². The fourth-order valence-electron chi connectivity index (χ4n) is 2.17. The molecule has 0 radical (unpaired) electrons. The number of non-ortho nitro benzene ring substituents is 1. The van der Waals surface area contributed by atoms with Gasteiger partial charge < -0.3 is 10.1 Å². The fraction of sp³-hybridized carbons (Fsp3) is 0.250. The van der Waals surface area contributed by atoms with Crippen LogP contribution in [0, 0.1) is 24.0 Å². The van der Waals surface area contributed by atoms with Crippen LogP contribution in [-0.4, -0.2) is 12.0 Å². The van der Waals surface area contributed by atoms with Gasteiger partial charge in [-0.2, -0.15) is 0 Å². The van der Waals surface area contributed by atoms with Crippen molar-refractivity contribution in [2.45, 2.75) is 20.4 Å². The normalized spacial score (nSPS) is 10.2. The van der Waals surface area contributed by atoms with Crippen LogP contribution in [0.1, 0.15) is 16.7 Å². The molecule has 0 aromatic heterocycles.